The van der Waals surface area contributed by atoms with E-state index in [-0.39, 0.29) is 17.7 Å². The van der Waals surface area contributed by atoms with Gasteiger partial charge in [0, 0.05) is 26.3 Å². The van der Waals surface area contributed by atoms with Gasteiger partial charge in [0.1, 0.15) is 0 Å². The summed E-state index contributed by atoms with van der Waals surface area (Å²) in [6, 6.07) is 0.128. The lowest BCUT2D eigenvalue weighted by Crippen LogP contribution is -2.42. The quantitative estimate of drug-likeness (QED) is 0.777. The van der Waals surface area contributed by atoms with Gasteiger partial charge in [0.2, 0.25) is 10.0 Å². The monoisotopic (exact) mass is 262 g/mol. The van der Waals surface area contributed by atoms with Crippen LogP contribution >= 0.6 is 0 Å². The van der Waals surface area contributed by atoms with Crippen LogP contribution in [0.1, 0.15) is 19.3 Å². The minimum atomic E-state index is -3.11. The van der Waals surface area contributed by atoms with Crippen molar-refractivity contribution in [3.63, 3.8) is 0 Å². The first-order valence-corrected chi connectivity index (χ1v) is 7.94. The molecule has 0 aromatic carbocycles. The highest BCUT2D eigenvalue weighted by Crippen LogP contribution is 2.19. The van der Waals surface area contributed by atoms with E-state index >= 15 is 0 Å². The summed E-state index contributed by atoms with van der Waals surface area (Å²) in [4.78, 5) is 0. The minimum Gasteiger partial charge on any atom is -0.381 e. The lowest BCUT2D eigenvalue weighted by molar-refractivity contribution is 0.0631. The van der Waals surface area contributed by atoms with E-state index < -0.39 is 10.0 Å². The number of sulfonamides is 1. The molecule has 2 fully saturated rings. The van der Waals surface area contributed by atoms with Gasteiger partial charge in [0.25, 0.3) is 0 Å². The van der Waals surface area contributed by atoms with Crippen molar-refractivity contribution in [3.8, 4) is 0 Å². The van der Waals surface area contributed by atoms with Crippen LogP contribution in [0, 0.1) is 5.92 Å². The molecule has 5 nitrogen and oxygen atoms in total. The lowest BCUT2D eigenvalue weighted by Gasteiger charge is -2.31. The second kappa shape index (κ2) is 5.65. The topological polar surface area (TPSA) is 58.6 Å². The van der Waals surface area contributed by atoms with Crippen LogP contribution in [0.4, 0.5) is 0 Å². The van der Waals surface area contributed by atoms with Crippen molar-refractivity contribution in [2.45, 2.75) is 25.3 Å². The van der Waals surface area contributed by atoms with Crippen molar-refractivity contribution in [1.82, 2.24) is 9.62 Å². The van der Waals surface area contributed by atoms with Crippen molar-refractivity contribution in [1.29, 1.82) is 0 Å². The standard InChI is InChI=1S/C11H22N2O3S/c1-13(11-3-6-16-7-4-11)17(14,15)9-10-2-5-12-8-10/h10-12H,2-9H2,1H3. The van der Waals surface area contributed by atoms with Crippen LogP contribution in [-0.4, -0.2) is 57.9 Å². The maximum absolute atomic E-state index is 12.2. The van der Waals surface area contributed by atoms with E-state index in [4.69, 9.17) is 4.74 Å². The Morgan fingerprint density at radius 1 is 1.29 bits per heavy atom. The molecular formula is C11H22N2O3S. The molecule has 1 unspecified atom stereocenters. The summed E-state index contributed by atoms with van der Waals surface area (Å²) < 4.78 is 31.3. The summed E-state index contributed by atoms with van der Waals surface area (Å²) in [5, 5.41) is 3.21. The van der Waals surface area contributed by atoms with Crippen LogP contribution in [-0.2, 0) is 14.8 Å². The van der Waals surface area contributed by atoms with Crippen LogP contribution < -0.4 is 5.32 Å². The Labute approximate surface area is 104 Å². The third-order valence-corrected chi connectivity index (χ3v) is 5.82. The van der Waals surface area contributed by atoms with Gasteiger partial charge in [-0.05, 0) is 38.3 Å². The predicted octanol–water partition coefficient (Wildman–Crippen LogP) is 0.0365. The Kier molecular flexibility index (Phi) is 4.41. The number of hydrogen-bond acceptors (Lipinski definition) is 4. The zero-order chi connectivity index (χ0) is 12.3. The van der Waals surface area contributed by atoms with E-state index in [1.165, 1.54) is 0 Å². The predicted molar refractivity (Wildman–Crippen MR) is 66.4 cm³/mol. The van der Waals surface area contributed by atoms with Gasteiger partial charge < -0.3 is 10.1 Å². The molecule has 2 heterocycles. The van der Waals surface area contributed by atoms with Crippen molar-refractivity contribution in [2.75, 3.05) is 39.1 Å². The third-order valence-electron chi connectivity index (χ3n) is 3.75. The minimum absolute atomic E-state index is 0.128. The third kappa shape index (κ3) is 3.40. The summed E-state index contributed by atoms with van der Waals surface area (Å²) >= 11 is 0. The first-order valence-electron chi connectivity index (χ1n) is 6.34. The van der Waals surface area contributed by atoms with Crippen LogP contribution in [0.2, 0.25) is 0 Å². The van der Waals surface area contributed by atoms with E-state index in [2.05, 4.69) is 5.32 Å². The molecule has 6 heteroatoms. The van der Waals surface area contributed by atoms with E-state index in [9.17, 15) is 8.42 Å². The molecule has 0 aromatic rings. The number of nitrogens with one attached hydrogen (secondary N) is 1. The molecule has 100 valence electrons. The first-order chi connectivity index (χ1) is 8.09. The highest BCUT2D eigenvalue weighted by molar-refractivity contribution is 7.89. The number of rotatable bonds is 4. The molecule has 2 aliphatic rings. The van der Waals surface area contributed by atoms with Gasteiger partial charge in [-0.1, -0.05) is 0 Å². The van der Waals surface area contributed by atoms with Gasteiger partial charge in [-0.2, -0.15) is 0 Å². The van der Waals surface area contributed by atoms with E-state index in [0.717, 1.165) is 32.4 Å². The molecule has 0 aliphatic carbocycles. The molecule has 0 amide bonds. The molecule has 2 saturated heterocycles. The first kappa shape index (κ1) is 13.3. The van der Waals surface area contributed by atoms with Crippen molar-refractivity contribution < 1.29 is 13.2 Å². The van der Waals surface area contributed by atoms with Gasteiger partial charge in [0.15, 0.2) is 0 Å². The largest absolute Gasteiger partial charge is 0.381 e. The number of nitrogens with zero attached hydrogens (tertiary/aromatic N) is 1. The fraction of sp³-hybridized carbons (Fsp3) is 1.00. The fourth-order valence-corrected chi connectivity index (χ4v) is 4.33. The summed E-state index contributed by atoms with van der Waals surface area (Å²) in [5.74, 6) is 0.565. The molecule has 0 bridgehead atoms. The summed E-state index contributed by atoms with van der Waals surface area (Å²) in [7, 11) is -1.39. The van der Waals surface area contributed by atoms with Crippen LogP contribution in [0.15, 0.2) is 0 Å². The van der Waals surface area contributed by atoms with Gasteiger partial charge >= 0.3 is 0 Å². The van der Waals surface area contributed by atoms with Gasteiger partial charge in [-0.3, -0.25) is 0 Å². The zero-order valence-electron chi connectivity index (χ0n) is 10.4. The molecule has 1 N–H and O–H groups in total. The summed E-state index contributed by atoms with van der Waals surface area (Å²) in [5.41, 5.74) is 0. The molecule has 0 spiro atoms. The van der Waals surface area contributed by atoms with Gasteiger partial charge in [-0.25, -0.2) is 12.7 Å². The second-order valence-corrected chi connectivity index (χ2v) is 7.07. The van der Waals surface area contributed by atoms with Crippen molar-refractivity contribution in [3.05, 3.63) is 0 Å². The van der Waals surface area contributed by atoms with Crippen LogP contribution in [0.3, 0.4) is 0 Å². The molecule has 2 aliphatic heterocycles. The molecular weight excluding hydrogens is 240 g/mol. The Bertz CT molecular complexity index is 333. The highest BCUT2D eigenvalue weighted by Gasteiger charge is 2.30. The number of ether oxygens (including phenoxy) is 1. The van der Waals surface area contributed by atoms with Gasteiger partial charge in [0.05, 0.1) is 5.75 Å². The average molecular weight is 262 g/mol. The Hall–Kier alpha value is -0.170. The van der Waals surface area contributed by atoms with E-state index in [1.54, 1.807) is 11.4 Å². The smallest absolute Gasteiger partial charge is 0.214 e. The highest BCUT2D eigenvalue weighted by atomic mass is 32.2. The maximum atomic E-state index is 12.2. The van der Waals surface area contributed by atoms with E-state index in [0.29, 0.717) is 13.2 Å². The van der Waals surface area contributed by atoms with Crippen LogP contribution in [0.5, 0.6) is 0 Å². The molecule has 1 atom stereocenters. The Morgan fingerprint density at radius 2 is 2.00 bits per heavy atom. The fourth-order valence-electron chi connectivity index (χ4n) is 2.55. The average Bonchev–Trinajstić information content (AvgIpc) is 2.81. The normalized spacial score (nSPS) is 27.8. The Morgan fingerprint density at radius 3 is 2.59 bits per heavy atom. The number of hydrogen-bond donors (Lipinski definition) is 1. The molecule has 0 radical (unpaired) electrons. The van der Waals surface area contributed by atoms with Crippen molar-refractivity contribution >= 4 is 10.0 Å². The molecule has 2 rings (SSSR count). The summed E-state index contributed by atoms with van der Waals surface area (Å²) in [6.07, 6.45) is 2.61. The second-order valence-electron chi connectivity index (χ2n) is 5.00. The summed E-state index contributed by atoms with van der Waals surface area (Å²) in [6.45, 7) is 3.13. The van der Waals surface area contributed by atoms with Crippen LogP contribution in [0.25, 0.3) is 0 Å². The lowest BCUT2D eigenvalue weighted by atomic mass is 10.1. The van der Waals surface area contributed by atoms with Crippen molar-refractivity contribution in [2.24, 2.45) is 5.92 Å². The van der Waals surface area contributed by atoms with E-state index in [1.807, 2.05) is 0 Å². The maximum Gasteiger partial charge on any atom is 0.214 e. The SMILES string of the molecule is CN(C1CCOCC1)S(=O)(=O)CC1CCNC1. The molecule has 0 aromatic heterocycles. The molecule has 0 saturated carbocycles. The molecule has 17 heavy (non-hydrogen) atoms. The zero-order valence-corrected chi connectivity index (χ0v) is 11.2. The Balaban J connectivity index is 1.93. The van der Waals surface area contributed by atoms with Gasteiger partial charge in [-0.15, -0.1) is 0 Å².